The second kappa shape index (κ2) is 4.84. The summed E-state index contributed by atoms with van der Waals surface area (Å²) in [6.07, 6.45) is -0.330. The SMILES string of the molecule is Cl.O=C1N[C@H](c2ccc(I)cc2)CO1. The Bertz CT molecular complexity index is 328. The Hall–Kier alpha value is -0.490. The van der Waals surface area contributed by atoms with Crippen LogP contribution in [-0.4, -0.2) is 12.7 Å². The van der Waals surface area contributed by atoms with Crippen molar-refractivity contribution in [2.24, 2.45) is 0 Å². The zero-order chi connectivity index (χ0) is 9.26. The first kappa shape index (κ1) is 11.6. The molecule has 76 valence electrons. The van der Waals surface area contributed by atoms with Gasteiger partial charge in [-0.2, -0.15) is 0 Å². The van der Waals surface area contributed by atoms with Gasteiger partial charge in [-0.25, -0.2) is 4.79 Å². The van der Waals surface area contributed by atoms with Crippen molar-refractivity contribution in [3.8, 4) is 0 Å². The number of benzene rings is 1. The predicted molar refractivity (Wildman–Crippen MR) is 63.6 cm³/mol. The second-order valence-corrected chi connectivity index (χ2v) is 4.09. The summed E-state index contributed by atoms with van der Waals surface area (Å²) in [7, 11) is 0. The zero-order valence-electron chi connectivity index (χ0n) is 7.20. The fourth-order valence-corrected chi connectivity index (χ4v) is 1.62. The van der Waals surface area contributed by atoms with Crippen LogP contribution in [0.4, 0.5) is 4.79 Å². The number of nitrogens with one attached hydrogen (secondary N) is 1. The van der Waals surface area contributed by atoms with Gasteiger partial charge in [0.25, 0.3) is 0 Å². The Morgan fingerprint density at radius 3 is 2.50 bits per heavy atom. The maximum atomic E-state index is 10.8. The molecule has 1 saturated heterocycles. The summed E-state index contributed by atoms with van der Waals surface area (Å²) in [5.74, 6) is 0. The minimum atomic E-state index is -0.330. The van der Waals surface area contributed by atoms with Crippen molar-refractivity contribution >= 4 is 41.1 Å². The Kier molecular flexibility index (Phi) is 4.00. The van der Waals surface area contributed by atoms with Crippen LogP contribution in [0.25, 0.3) is 0 Å². The van der Waals surface area contributed by atoms with Crippen LogP contribution in [0.3, 0.4) is 0 Å². The largest absolute Gasteiger partial charge is 0.447 e. The Labute approximate surface area is 102 Å². The topological polar surface area (TPSA) is 38.3 Å². The van der Waals surface area contributed by atoms with E-state index in [-0.39, 0.29) is 24.5 Å². The average Bonchev–Trinajstić information content (AvgIpc) is 2.53. The third kappa shape index (κ3) is 2.51. The van der Waals surface area contributed by atoms with Crippen LogP contribution in [0.1, 0.15) is 11.6 Å². The number of halogens is 2. The van der Waals surface area contributed by atoms with Crippen molar-refractivity contribution in [3.63, 3.8) is 0 Å². The van der Waals surface area contributed by atoms with E-state index >= 15 is 0 Å². The molecule has 0 spiro atoms. The number of cyclic esters (lactones) is 1. The minimum Gasteiger partial charge on any atom is -0.447 e. The highest BCUT2D eigenvalue weighted by molar-refractivity contribution is 14.1. The zero-order valence-corrected chi connectivity index (χ0v) is 10.2. The van der Waals surface area contributed by atoms with Crippen LogP contribution in [0.2, 0.25) is 0 Å². The number of hydrogen-bond donors (Lipinski definition) is 1. The van der Waals surface area contributed by atoms with Crippen LogP contribution < -0.4 is 5.32 Å². The summed E-state index contributed by atoms with van der Waals surface area (Å²) >= 11 is 2.25. The van der Waals surface area contributed by atoms with Gasteiger partial charge >= 0.3 is 6.09 Å². The number of ether oxygens (including phenoxy) is 1. The lowest BCUT2D eigenvalue weighted by atomic mass is 10.1. The van der Waals surface area contributed by atoms with Gasteiger partial charge in [-0.15, -0.1) is 12.4 Å². The fourth-order valence-electron chi connectivity index (χ4n) is 1.26. The van der Waals surface area contributed by atoms with Gasteiger partial charge in [-0.1, -0.05) is 12.1 Å². The standard InChI is InChI=1S/C9H8INO2.ClH/c10-7-3-1-6(2-4-7)8-5-13-9(12)11-8;/h1-4,8H,5H2,(H,11,12);1H/t8-;/m0./s1. The van der Waals surface area contributed by atoms with Gasteiger partial charge < -0.3 is 10.1 Å². The van der Waals surface area contributed by atoms with Crippen molar-refractivity contribution in [2.45, 2.75) is 6.04 Å². The van der Waals surface area contributed by atoms with Gasteiger partial charge in [0.1, 0.15) is 6.61 Å². The van der Waals surface area contributed by atoms with E-state index < -0.39 is 0 Å². The van der Waals surface area contributed by atoms with E-state index in [1.54, 1.807) is 0 Å². The van der Waals surface area contributed by atoms with Crippen LogP contribution >= 0.6 is 35.0 Å². The van der Waals surface area contributed by atoms with Crippen LogP contribution in [0.5, 0.6) is 0 Å². The van der Waals surface area contributed by atoms with E-state index in [4.69, 9.17) is 4.74 Å². The minimum absolute atomic E-state index is 0. The van der Waals surface area contributed by atoms with Crippen molar-refractivity contribution in [3.05, 3.63) is 33.4 Å². The molecule has 2 rings (SSSR count). The molecule has 1 fully saturated rings. The molecule has 0 unspecified atom stereocenters. The molecule has 3 nitrogen and oxygen atoms in total. The maximum Gasteiger partial charge on any atom is 0.407 e. The van der Waals surface area contributed by atoms with Gasteiger partial charge in [0.05, 0.1) is 6.04 Å². The molecule has 1 aromatic carbocycles. The van der Waals surface area contributed by atoms with E-state index in [9.17, 15) is 4.79 Å². The number of carbonyl (C=O) groups is 1. The number of rotatable bonds is 1. The molecule has 0 radical (unpaired) electrons. The summed E-state index contributed by atoms with van der Waals surface area (Å²) in [6, 6.07) is 8.05. The molecule has 1 heterocycles. The molecule has 1 aliphatic rings. The summed E-state index contributed by atoms with van der Waals surface area (Å²) in [4.78, 5) is 10.8. The molecular weight excluding hydrogens is 316 g/mol. The molecule has 0 bridgehead atoms. The predicted octanol–water partition coefficient (Wildman–Crippen LogP) is 2.49. The van der Waals surface area contributed by atoms with Gasteiger partial charge in [-0.05, 0) is 40.3 Å². The van der Waals surface area contributed by atoms with Gasteiger partial charge in [0, 0.05) is 3.57 Å². The summed E-state index contributed by atoms with van der Waals surface area (Å²) in [5, 5.41) is 2.73. The molecule has 0 saturated carbocycles. The molecule has 1 atom stereocenters. The highest BCUT2D eigenvalue weighted by Gasteiger charge is 2.23. The quantitative estimate of drug-likeness (QED) is 0.806. The molecule has 5 heteroatoms. The molecule has 14 heavy (non-hydrogen) atoms. The molecule has 0 aromatic heterocycles. The number of hydrogen-bond acceptors (Lipinski definition) is 2. The highest BCUT2D eigenvalue weighted by Crippen LogP contribution is 2.18. The van der Waals surface area contributed by atoms with E-state index in [1.807, 2.05) is 24.3 Å². The average molecular weight is 326 g/mol. The summed E-state index contributed by atoms with van der Waals surface area (Å²) in [6.45, 7) is 0.430. The lowest BCUT2D eigenvalue weighted by Gasteiger charge is -2.06. The fraction of sp³-hybridized carbons (Fsp3) is 0.222. The first-order valence-corrected chi connectivity index (χ1v) is 5.02. The van der Waals surface area contributed by atoms with Crippen molar-refractivity contribution in [2.75, 3.05) is 6.61 Å². The van der Waals surface area contributed by atoms with Crippen LogP contribution in [0.15, 0.2) is 24.3 Å². The normalized spacial score (nSPS) is 19.5. The molecular formula is C9H9ClINO2. The number of alkyl carbamates (subject to hydrolysis) is 1. The first-order chi connectivity index (χ1) is 6.25. The van der Waals surface area contributed by atoms with E-state index in [1.165, 1.54) is 3.57 Å². The third-order valence-electron chi connectivity index (χ3n) is 1.95. The smallest absolute Gasteiger partial charge is 0.407 e. The van der Waals surface area contributed by atoms with E-state index in [2.05, 4.69) is 27.9 Å². The Balaban J connectivity index is 0.000000980. The first-order valence-electron chi connectivity index (χ1n) is 3.94. The Morgan fingerprint density at radius 1 is 1.36 bits per heavy atom. The van der Waals surface area contributed by atoms with Gasteiger partial charge in [0.15, 0.2) is 0 Å². The van der Waals surface area contributed by atoms with Crippen LogP contribution in [0, 0.1) is 3.57 Å². The van der Waals surface area contributed by atoms with Gasteiger partial charge in [0.2, 0.25) is 0 Å². The third-order valence-corrected chi connectivity index (χ3v) is 2.66. The summed E-state index contributed by atoms with van der Waals surface area (Å²) in [5.41, 5.74) is 1.09. The van der Waals surface area contributed by atoms with Crippen molar-refractivity contribution in [1.82, 2.24) is 5.32 Å². The molecule has 1 aliphatic heterocycles. The lowest BCUT2D eigenvalue weighted by Crippen LogP contribution is -2.18. The molecule has 0 aliphatic carbocycles. The number of amides is 1. The monoisotopic (exact) mass is 325 g/mol. The lowest BCUT2D eigenvalue weighted by molar-refractivity contribution is 0.177. The van der Waals surface area contributed by atoms with E-state index in [0.29, 0.717) is 6.61 Å². The molecule has 1 amide bonds. The Morgan fingerprint density at radius 2 is 2.00 bits per heavy atom. The molecule has 1 aromatic rings. The van der Waals surface area contributed by atoms with Crippen molar-refractivity contribution < 1.29 is 9.53 Å². The second-order valence-electron chi connectivity index (χ2n) is 2.85. The molecule has 1 N–H and O–H groups in total. The van der Waals surface area contributed by atoms with Gasteiger partial charge in [-0.3, -0.25) is 0 Å². The summed E-state index contributed by atoms with van der Waals surface area (Å²) < 4.78 is 5.98. The maximum absolute atomic E-state index is 10.8. The number of carbonyl (C=O) groups excluding carboxylic acids is 1. The van der Waals surface area contributed by atoms with Crippen molar-refractivity contribution in [1.29, 1.82) is 0 Å². The highest BCUT2D eigenvalue weighted by atomic mass is 127. The van der Waals surface area contributed by atoms with Crippen LogP contribution in [-0.2, 0) is 4.74 Å². The van der Waals surface area contributed by atoms with E-state index in [0.717, 1.165) is 5.56 Å².